The summed E-state index contributed by atoms with van der Waals surface area (Å²) in [4.78, 5) is 21.9. The van der Waals surface area contributed by atoms with Crippen LogP contribution in [0, 0.1) is 6.92 Å². The van der Waals surface area contributed by atoms with Crippen LogP contribution in [0.3, 0.4) is 0 Å². The van der Waals surface area contributed by atoms with Crippen LogP contribution in [0.15, 0.2) is 23.0 Å². The summed E-state index contributed by atoms with van der Waals surface area (Å²) in [5, 5.41) is 0.657. The Bertz CT molecular complexity index is 679. The molecule has 2 aromatic rings. The molecular formula is C15H20N4O. The molecule has 1 aromatic carbocycles. The summed E-state index contributed by atoms with van der Waals surface area (Å²) in [6, 6.07) is 5.92. The minimum atomic E-state index is -0.0602. The monoisotopic (exact) mass is 272 g/mol. The lowest BCUT2D eigenvalue weighted by atomic mass is 10.1. The molecular weight excluding hydrogens is 252 g/mol. The zero-order valence-corrected chi connectivity index (χ0v) is 11.7. The number of nitrogens with two attached hydrogens (primary N) is 1. The molecule has 1 saturated heterocycles. The van der Waals surface area contributed by atoms with Gasteiger partial charge in [0.1, 0.15) is 5.82 Å². The Morgan fingerprint density at radius 3 is 3.15 bits per heavy atom. The predicted octanol–water partition coefficient (Wildman–Crippen LogP) is 1.15. The number of hydrogen-bond acceptors (Lipinski definition) is 4. The maximum Gasteiger partial charge on any atom is 0.258 e. The highest BCUT2D eigenvalue weighted by Crippen LogP contribution is 2.14. The van der Waals surface area contributed by atoms with Crippen molar-refractivity contribution in [3.8, 4) is 0 Å². The first-order valence-electron chi connectivity index (χ1n) is 7.10. The summed E-state index contributed by atoms with van der Waals surface area (Å²) >= 11 is 0. The summed E-state index contributed by atoms with van der Waals surface area (Å²) in [6.07, 6.45) is 2.19. The molecule has 1 aliphatic heterocycles. The Hall–Kier alpha value is -1.72. The van der Waals surface area contributed by atoms with E-state index in [-0.39, 0.29) is 11.6 Å². The fourth-order valence-electron chi connectivity index (χ4n) is 2.87. The van der Waals surface area contributed by atoms with Gasteiger partial charge in [-0.05, 0) is 37.9 Å². The third-order valence-electron chi connectivity index (χ3n) is 3.90. The molecule has 1 fully saturated rings. The van der Waals surface area contributed by atoms with Gasteiger partial charge < -0.3 is 10.7 Å². The van der Waals surface area contributed by atoms with Gasteiger partial charge in [-0.3, -0.25) is 9.69 Å². The molecule has 20 heavy (non-hydrogen) atoms. The van der Waals surface area contributed by atoms with Gasteiger partial charge >= 0.3 is 0 Å². The van der Waals surface area contributed by atoms with Crippen molar-refractivity contribution in [3.63, 3.8) is 0 Å². The molecule has 1 unspecified atom stereocenters. The number of piperidine rings is 1. The summed E-state index contributed by atoms with van der Waals surface area (Å²) in [7, 11) is 0. The van der Waals surface area contributed by atoms with Crippen molar-refractivity contribution in [1.82, 2.24) is 14.9 Å². The average Bonchev–Trinajstić information content (AvgIpc) is 2.40. The van der Waals surface area contributed by atoms with E-state index in [0.29, 0.717) is 11.9 Å². The molecule has 0 radical (unpaired) electrons. The lowest BCUT2D eigenvalue weighted by Gasteiger charge is -2.30. The first-order valence-corrected chi connectivity index (χ1v) is 7.10. The summed E-state index contributed by atoms with van der Waals surface area (Å²) < 4.78 is 0. The molecule has 106 valence electrons. The molecule has 1 aromatic heterocycles. The zero-order valence-electron chi connectivity index (χ0n) is 11.7. The molecule has 3 N–H and O–H groups in total. The van der Waals surface area contributed by atoms with Crippen LogP contribution in [0.5, 0.6) is 0 Å². The van der Waals surface area contributed by atoms with Gasteiger partial charge in [-0.15, -0.1) is 0 Å². The van der Waals surface area contributed by atoms with E-state index in [9.17, 15) is 4.79 Å². The molecule has 2 heterocycles. The lowest BCUT2D eigenvalue weighted by Crippen LogP contribution is -2.42. The van der Waals surface area contributed by atoms with Crippen molar-refractivity contribution in [2.24, 2.45) is 5.73 Å². The second-order valence-corrected chi connectivity index (χ2v) is 5.62. The van der Waals surface area contributed by atoms with Crippen LogP contribution in [0.2, 0.25) is 0 Å². The molecule has 3 rings (SSSR count). The number of benzene rings is 1. The van der Waals surface area contributed by atoms with E-state index >= 15 is 0 Å². The van der Waals surface area contributed by atoms with Gasteiger partial charge in [0, 0.05) is 12.6 Å². The number of fused-ring (bicyclic) bond motifs is 1. The molecule has 1 atom stereocenters. The zero-order chi connectivity index (χ0) is 14.1. The molecule has 5 heteroatoms. The highest BCUT2D eigenvalue weighted by Gasteiger charge is 2.17. The quantitative estimate of drug-likeness (QED) is 0.860. The Morgan fingerprint density at radius 2 is 2.35 bits per heavy atom. The highest BCUT2D eigenvalue weighted by atomic mass is 16.1. The standard InChI is InChI=1S/C15H20N4O/c1-10-4-2-6-12-14(10)17-13(18-15(12)20)9-19-7-3-5-11(16)8-19/h2,4,6,11H,3,5,7-9,16H2,1H3,(H,17,18,20). The normalized spacial score (nSPS) is 20.4. The summed E-state index contributed by atoms with van der Waals surface area (Å²) in [5.41, 5.74) is 7.76. The first-order chi connectivity index (χ1) is 9.63. The van der Waals surface area contributed by atoms with Crippen LogP contribution in [0.25, 0.3) is 10.9 Å². The van der Waals surface area contributed by atoms with Crippen LogP contribution in [-0.4, -0.2) is 34.0 Å². The largest absolute Gasteiger partial charge is 0.327 e. The number of rotatable bonds is 2. The van der Waals surface area contributed by atoms with Gasteiger partial charge in [-0.2, -0.15) is 0 Å². The second kappa shape index (κ2) is 5.34. The van der Waals surface area contributed by atoms with E-state index in [1.807, 2.05) is 25.1 Å². The molecule has 0 spiro atoms. The Kier molecular flexibility index (Phi) is 3.54. The van der Waals surface area contributed by atoms with E-state index in [2.05, 4.69) is 14.9 Å². The van der Waals surface area contributed by atoms with Crippen LogP contribution in [0.1, 0.15) is 24.2 Å². The van der Waals surface area contributed by atoms with Gasteiger partial charge in [0.2, 0.25) is 0 Å². The van der Waals surface area contributed by atoms with Crippen LogP contribution in [-0.2, 0) is 6.54 Å². The number of H-pyrrole nitrogens is 1. The van der Waals surface area contributed by atoms with Gasteiger partial charge in [-0.1, -0.05) is 12.1 Å². The van der Waals surface area contributed by atoms with E-state index in [4.69, 9.17) is 5.73 Å². The van der Waals surface area contributed by atoms with Crippen molar-refractivity contribution in [3.05, 3.63) is 39.9 Å². The van der Waals surface area contributed by atoms with Gasteiger partial charge in [-0.25, -0.2) is 4.98 Å². The van der Waals surface area contributed by atoms with Crippen molar-refractivity contribution >= 4 is 10.9 Å². The van der Waals surface area contributed by atoms with Crippen LogP contribution in [0.4, 0.5) is 0 Å². The Morgan fingerprint density at radius 1 is 1.50 bits per heavy atom. The fraction of sp³-hybridized carbons (Fsp3) is 0.467. The fourth-order valence-corrected chi connectivity index (χ4v) is 2.87. The number of para-hydroxylation sites is 1. The van der Waals surface area contributed by atoms with Gasteiger partial charge in [0.15, 0.2) is 0 Å². The van der Waals surface area contributed by atoms with Crippen LogP contribution >= 0.6 is 0 Å². The van der Waals surface area contributed by atoms with E-state index in [1.54, 1.807) is 0 Å². The number of aromatic nitrogens is 2. The van der Waals surface area contributed by atoms with Crippen molar-refractivity contribution in [2.45, 2.75) is 32.4 Å². The van der Waals surface area contributed by atoms with Gasteiger partial charge in [0.05, 0.1) is 17.4 Å². The van der Waals surface area contributed by atoms with Crippen LogP contribution < -0.4 is 11.3 Å². The Balaban J connectivity index is 1.92. The smallest absolute Gasteiger partial charge is 0.258 e. The SMILES string of the molecule is Cc1cccc2c(=O)[nH]c(CN3CCCC(N)C3)nc12. The summed E-state index contributed by atoms with van der Waals surface area (Å²) in [5.74, 6) is 0.728. The highest BCUT2D eigenvalue weighted by molar-refractivity contribution is 5.80. The maximum atomic E-state index is 12.1. The number of hydrogen-bond donors (Lipinski definition) is 2. The number of nitrogens with one attached hydrogen (secondary N) is 1. The number of aryl methyl sites for hydroxylation is 1. The first kappa shape index (κ1) is 13.3. The third-order valence-corrected chi connectivity index (χ3v) is 3.90. The van der Waals surface area contributed by atoms with Crippen molar-refractivity contribution < 1.29 is 0 Å². The van der Waals surface area contributed by atoms with E-state index in [1.165, 1.54) is 0 Å². The van der Waals surface area contributed by atoms with E-state index in [0.717, 1.165) is 42.8 Å². The molecule has 0 saturated carbocycles. The maximum absolute atomic E-state index is 12.1. The number of likely N-dealkylation sites (tertiary alicyclic amines) is 1. The lowest BCUT2D eigenvalue weighted by molar-refractivity contribution is 0.197. The molecule has 1 aliphatic rings. The van der Waals surface area contributed by atoms with Crippen molar-refractivity contribution in [1.29, 1.82) is 0 Å². The average molecular weight is 272 g/mol. The summed E-state index contributed by atoms with van der Waals surface area (Å²) in [6.45, 7) is 4.53. The second-order valence-electron chi connectivity index (χ2n) is 5.62. The molecule has 5 nitrogen and oxygen atoms in total. The van der Waals surface area contributed by atoms with Crippen molar-refractivity contribution in [2.75, 3.05) is 13.1 Å². The minimum absolute atomic E-state index is 0.0602. The molecule has 0 bridgehead atoms. The number of aromatic amines is 1. The molecule has 0 amide bonds. The predicted molar refractivity (Wildman–Crippen MR) is 79.6 cm³/mol. The van der Waals surface area contributed by atoms with Gasteiger partial charge in [0.25, 0.3) is 5.56 Å². The molecule has 0 aliphatic carbocycles. The number of nitrogens with zero attached hydrogens (tertiary/aromatic N) is 2. The topological polar surface area (TPSA) is 75.0 Å². The Labute approximate surface area is 117 Å². The minimum Gasteiger partial charge on any atom is -0.327 e. The third kappa shape index (κ3) is 2.59. The van der Waals surface area contributed by atoms with E-state index < -0.39 is 0 Å².